The van der Waals surface area contributed by atoms with Crippen LogP contribution in [0, 0.1) is 5.41 Å². The van der Waals surface area contributed by atoms with E-state index in [-0.39, 0.29) is 18.6 Å². The molecule has 3 aliphatic carbocycles. The van der Waals surface area contributed by atoms with Gasteiger partial charge in [-0.15, -0.1) is 0 Å². The lowest BCUT2D eigenvalue weighted by Crippen LogP contribution is -2.38. The minimum Gasteiger partial charge on any atom is -0.381 e. The van der Waals surface area contributed by atoms with Crippen LogP contribution in [0.15, 0.2) is 0 Å². The SMILES string of the molecule is CC.CC(C)OC1CC2(C1)CC2(F)F.COC1CC(OC)C1. The highest BCUT2D eigenvalue weighted by Crippen LogP contribution is 2.71. The molecule has 0 atom stereocenters. The molecule has 0 aliphatic heterocycles. The summed E-state index contributed by atoms with van der Waals surface area (Å²) in [6.45, 7) is 7.88. The van der Waals surface area contributed by atoms with Crippen molar-refractivity contribution in [2.45, 2.75) is 90.1 Å². The fraction of sp³-hybridized carbons (Fsp3) is 1.00. The molecule has 1 spiro atoms. The molecule has 3 saturated carbocycles. The second-order valence-corrected chi connectivity index (χ2v) is 6.56. The van der Waals surface area contributed by atoms with Gasteiger partial charge in [0, 0.05) is 26.1 Å². The molecule has 0 amide bonds. The molecule has 3 aliphatic rings. The summed E-state index contributed by atoms with van der Waals surface area (Å²) >= 11 is 0. The molecule has 0 bridgehead atoms. The van der Waals surface area contributed by atoms with Crippen molar-refractivity contribution in [2.24, 2.45) is 5.41 Å². The van der Waals surface area contributed by atoms with E-state index in [1.54, 1.807) is 14.2 Å². The van der Waals surface area contributed by atoms with Gasteiger partial charge in [0.1, 0.15) is 0 Å². The van der Waals surface area contributed by atoms with Crippen LogP contribution in [-0.4, -0.2) is 44.6 Å². The molecular weight excluding hydrogens is 290 g/mol. The molecule has 3 rings (SSSR count). The largest absolute Gasteiger partial charge is 0.381 e. The van der Waals surface area contributed by atoms with Gasteiger partial charge in [0.15, 0.2) is 0 Å². The van der Waals surface area contributed by atoms with Crippen LogP contribution in [0.3, 0.4) is 0 Å². The number of halogens is 2. The Morgan fingerprint density at radius 2 is 1.32 bits per heavy atom. The van der Waals surface area contributed by atoms with E-state index in [1.165, 1.54) is 0 Å². The highest BCUT2D eigenvalue weighted by Gasteiger charge is 2.75. The lowest BCUT2D eigenvalue weighted by atomic mass is 9.78. The van der Waals surface area contributed by atoms with Gasteiger partial charge in [-0.3, -0.25) is 0 Å². The lowest BCUT2D eigenvalue weighted by Gasteiger charge is -2.36. The average Bonchev–Trinajstić information content (AvgIpc) is 2.94. The second-order valence-electron chi connectivity index (χ2n) is 6.56. The molecule has 0 N–H and O–H groups in total. The summed E-state index contributed by atoms with van der Waals surface area (Å²) in [5.41, 5.74) is -0.632. The van der Waals surface area contributed by atoms with Crippen molar-refractivity contribution in [2.75, 3.05) is 14.2 Å². The van der Waals surface area contributed by atoms with E-state index in [4.69, 9.17) is 14.2 Å². The van der Waals surface area contributed by atoms with Gasteiger partial charge in [-0.1, -0.05) is 13.8 Å². The molecule has 132 valence electrons. The van der Waals surface area contributed by atoms with Crippen LogP contribution in [0.4, 0.5) is 8.78 Å². The highest BCUT2D eigenvalue weighted by molar-refractivity contribution is 5.17. The molecule has 0 aromatic rings. The average molecular weight is 322 g/mol. The van der Waals surface area contributed by atoms with E-state index in [0.29, 0.717) is 25.0 Å². The van der Waals surface area contributed by atoms with E-state index in [0.717, 1.165) is 12.8 Å². The van der Waals surface area contributed by atoms with Gasteiger partial charge >= 0.3 is 0 Å². The van der Waals surface area contributed by atoms with Crippen LogP contribution in [0.25, 0.3) is 0 Å². The van der Waals surface area contributed by atoms with Crippen molar-refractivity contribution in [1.29, 1.82) is 0 Å². The third-order valence-electron chi connectivity index (χ3n) is 4.63. The fourth-order valence-electron chi connectivity index (χ4n) is 3.02. The van der Waals surface area contributed by atoms with Crippen molar-refractivity contribution in [3.8, 4) is 0 Å². The zero-order valence-corrected chi connectivity index (χ0v) is 14.8. The Hall–Kier alpha value is -0.260. The molecule has 0 aromatic carbocycles. The first kappa shape index (κ1) is 19.8. The predicted octanol–water partition coefficient (Wildman–Crippen LogP) is 4.44. The monoisotopic (exact) mass is 322 g/mol. The Morgan fingerprint density at radius 1 is 0.909 bits per heavy atom. The number of rotatable bonds is 4. The molecule has 0 unspecified atom stereocenters. The smallest absolute Gasteiger partial charge is 0.254 e. The van der Waals surface area contributed by atoms with Gasteiger partial charge in [-0.25, -0.2) is 8.78 Å². The van der Waals surface area contributed by atoms with Crippen LogP contribution in [0.2, 0.25) is 0 Å². The number of methoxy groups -OCH3 is 2. The molecule has 0 radical (unpaired) electrons. The molecule has 0 saturated heterocycles. The molecule has 0 aromatic heterocycles. The molecular formula is C17H32F2O3. The summed E-state index contributed by atoms with van der Waals surface area (Å²) in [6, 6.07) is 0. The molecule has 5 heteroatoms. The van der Waals surface area contributed by atoms with Gasteiger partial charge < -0.3 is 14.2 Å². The lowest BCUT2D eigenvalue weighted by molar-refractivity contribution is -0.102. The van der Waals surface area contributed by atoms with E-state index in [2.05, 4.69) is 0 Å². The molecule has 3 nitrogen and oxygen atoms in total. The van der Waals surface area contributed by atoms with Crippen LogP contribution >= 0.6 is 0 Å². The quantitative estimate of drug-likeness (QED) is 0.766. The number of hydrogen-bond donors (Lipinski definition) is 0. The van der Waals surface area contributed by atoms with Crippen LogP contribution in [0.5, 0.6) is 0 Å². The summed E-state index contributed by atoms with van der Waals surface area (Å²) in [7, 11) is 3.49. The van der Waals surface area contributed by atoms with Crippen LogP contribution in [0.1, 0.15) is 59.8 Å². The Kier molecular flexibility index (Phi) is 7.21. The van der Waals surface area contributed by atoms with Gasteiger partial charge in [0.2, 0.25) is 0 Å². The van der Waals surface area contributed by atoms with Gasteiger partial charge in [-0.2, -0.15) is 0 Å². The van der Waals surface area contributed by atoms with E-state index in [1.807, 2.05) is 27.7 Å². The Balaban J connectivity index is 0.000000211. The summed E-state index contributed by atoms with van der Waals surface area (Å²) in [5.74, 6) is -2.37. The van der Waals surface area contributed by atoms with Crippen molar-refractivity contribution < 1.29 is 23.0 Å². The molecule has 3 fully saturated rings. The third-order valence-corrected chi connectivity index (χ3v) is 4.63. The first-order valence-corrected chi connectivity index (χ1v) is 8.41. The van der Waals surface area contributed by atoms with Gasteiger partial charge in [0.25, 0.3) is 5.92 Å². The summed E-state index contributed by atoms with van der Waals surface area (Å²) in [4.78, 5) is 0. The Bertz CT molecular complexity index is 314. The topological polar surface area (TPSA) is 27.7 Å². The molecule has 0 heterocycles. The maximum atomic E-state index is 12.7. The number of alkyl halides is 2. The van der Waals surface area contributed by atoms with Crippen molar-refractivity contribution in [3.63, 3.8) is 0 Å². The number of hydrogen-bond acceptors (Lipinski definition) is 3. The molecule has 22 heavy (non-hydrogen) atoms. The minimum absolute atomic E-state index is 0.0952. The van der Waals surface area contributed by atoms with E-state index >= 15 is 0 Å². The third kappa shape index (κ3) is 4.62. The standard InChI is InChI=1S/C9H14F2O.C6H12O2.C2H6/c1-6(2)12-7-3-8(4-7)5-9(8,10)11;1-7-5-3-6(4-5)8-2;1-2/h6-7H,3-5H2,1-2H3;5-6H,3-4H2,1-2H3;1-2H3. The van der Waals surface area contributed by atoms with Gasteiger partial charge in [-0.05, 0) is 39.5 Å². The fourth-order valence-corrected chi connectivity index (χ4v) is 3.02. The Morgan fingerprint density at radius 3 is 1.59 bits per heavy atom. The number of ether oxygens (including phenoxy) is 3. The van der Waals surface area contributed by atoms with Crippen molar-refractivity contribution >= 4 is 0 Å². The van der Waals surface area contributed by atoms with Crippen molar-refractivity contribution in [1.82, 2.24) is 0 Å². The summed E-state index contributed by atoms with van der Waals surface area (Å²) in [6.07, 6.45) is 4.59. The van der Waals surface area contributed by atoms with Crippen LogP contribution < -0.4 is 0 Å². The highest BCUT2D eigenvalue weighted by atomic mass is 19.3. The first-order valence-electron chi connectivity index (χ1n) is 8.41. The van der Waals surface area contributed by atoms with Crippen LogP contribution in [-0.2, 0) is 14.2 Å². The van der Waals surface area contributed by atoms with Gasteiger partial charge in [0.05, 0.1) is 24.4 Å². The zero-order valence-electron chi connectivity index (χ0n) is 14.8. The summed E-state index contributed by atoms with van der Waals surface area (Å²) in [5, 5.41) is 0. The van der Waals surface area contributed by atoms with E-state index < -0.39 is 11.3 Å². The first-order chi connectivity index (χ1) is 10.3. The normalized spacial score (nSPS) is 37.2. The Labute approximate surface area is 133 Å². The predicted molar refractivity (Wildman–Crippen MR) is 83.4 cm³/mol. The maximum Gasteiger partial charge on any atom is 0.254 e. The minimum atomic E-state index is -2.37. The van der Waals surface area contributed by atoms with Crippen molar-refractivity contribution in [3.05, 3.63) is 0 Å². The maximum absolute atomic E-state index is 12.7. The van der Waals surface area contributed by atoms with E-state index in [9.17, 15) is 8.78 Å². The second kappa shape index (κ2) is 8.02. The zero-order chi connectivity index (χ0) is 17.0. The summed E-state index contributed by atoms with van der Waals surface area (Å²) < 4.78 is 40.9.